The number of carbonyl (C=O) groups excluding carboxylic acids is 3. The van der Waals surface area contributed by atoms with Crippen LogP contribution in [-0.4, -0.2) is 40.2 Å². The average molecular weight is 436 g/mol. The number of hydrogen-bond donors (Lipinski definition) is 1. The fourth-order valence-electron chi connectivity index (χ4n) is 3.07. The minimum absolute atomic E-state index is 0.213. The Hall–Kier alpha value is -2.81. The Kier molecular flexibility index (Phi) is 6.50. The largest absolute Gasteiger partial charge is 0.418 e. The lowest BCUT2D eigenvalue weighted by Crippen LogP contribution is -2.31. The van der Waals surface area contributed by atoms with E-state index >= 15 is 0 Å². The van der Waals surface area contributed by atoms with Crippen molar-refractivity contribution in [2.75, 3.05) is 17.6 Å². The molecule has 1 N–H and O–H groups in total. The topological polar surface area (TPSA) is 66.5 Å². The van der Waals surface area contributed by atoms with Crippen LogP contribution in [0.4, 0.5) is 18.9 Å². The van der Waals surface area contributed by atoms with Crippen LogP contribution in [0.1, 0.15) is 39.6 Å². The van der Waals surface area contributed by atoms with Crippen molar-refractivity contribution in [3.8, 4) is 0 Å². The number of nitrogens with one attached hydrogen (secondary N) is 1. The van der Waals surface area contributed by atoms with Crippen LogP contribution in [0.2, 0.25) is 0 Å². The Bertz CT molecular complexity index is 943. The number of fused-ring (bicyclic) bond motifs is 1. The van der Waals surface area contributed by atoms with Crippen molar-refractivity contribution < 1.29 is 27.6 Å². The van der Waals surface area contributed by atoms with E-state index in [9.17, 15) is 27.6 Å². The summed E-state index contributed by atoms with van der Waals surface area (Å²) in [4.78, 5) is 38.1. The minimum Gasteiger partial charge on any atom is -0.325 e. The molecular weight excluding hydrogens is 417 g/mol. The Morgan fingerprint density at radius 3 is 2.20 bits per heavy atom. The number of halogens is 3. The summed E-state index contributed by atoms with van der Waals surface area (Å²) in [5, 5.41) is 1.72. The third-order valence-corrected chi connectivity index (χ3v) is 5.87. The normalized spacial score (nSPS) is 14.6. The molecule has 0 fully saturated rings. The molecule has 1 heterocycles. The molecule has 0 saturated carbocycles. The van der Waals surface area contributed by atoms with Gasteiger partial charge in [0.1, 0.15) is 0 Å². The first-order valence-electron chi connectivity index (χ1n) is 9.24. The van der Waals surface area contributed by atoms with E-state index in [1.54, 1.807) is 31.2 Å². The lowest BCUT2D eigenvalue weighted by Gasteiger charge is -2.17. The molecule has 3 rings (SSSR count). The average Bonchev–Trinajstić information content (AvgIpc) is 2.95. The highest BCUT2D eigenvalue weighted by Gasteiger charge is 2.35. The Morgan fingerprint density at radius 2 is 1.60 bits per heavy atom. The van der Waals surface area contributed by atoms with Crippen LogP contribution in [0.5, 0.6) is 0 Å². The lowest BCUT2D eigenvalue weighted by molar-refractivity contribution is -0.137. The quantitative estimate of drug-likeness (QED) is 0.514. The van der Waals surface area contributed by atoms with Crippen LogP contribution >= 0.6 is 11.8 Å². The van der Waals surface area contributed by atoms with Gasteiger partial charge in [0.05, 0.1) is 27.6 Å². The van der Waals surface area contributed by atoms with Crippen LogP contribution in [0.25, 0.3) is 0 Å². The van der Waals surface area contributed by atoms with E-state index in [0.29, 0.717) is 23.3 Å². The van der Waals surface area contributed by atoms with Gasteiger partial charge in [0.2, 0.25) is 5.91 Å². The molecule has 1 atom stereocenters. The molecule has 1 unspecified atom stereocenters. The zero-order valence-electron chi connectivity index (χ0n) is 16.0. The van der Waals surface area contributed by atoms with E-state index in [1.165, 1.54) is 34.9 Å². The Morgan fingerprint density at radius 1 is 1.03 bits per heavy atom. The van der Waals surface area contributed by atoms with Crippen molar-refractivity contribution >= 4 is 35.2 Å². The van der Waals surface area contributed by atoms with E-state index < -0.39 is 22.9 Å². The fourth-order valence-corrected chi connectivity index (χ4v) is 3.93. The van der Waals surface area contributed by atoms with Crippen LogP contribution in [0, 0.1) is 0 Å². The fraction of sp³-hybridized carbons (Fsp3) is 0.286. The zero-order valence-corrected chi connectivity index (χ0v) is 16.8. The predicted molar refractivity (Wildman–Crippen MR) is 108 cm³/mol. The molecule has 5 nitrogen and oxygen atoms in total. The van der Waals surface area contributed by atoms with Gasteiger partial charge in [0.25, 0.3) is 11.8 Å². The Labute approximate surface area is 175 Å². The molecule has 9 heteroatoms. The smallest absolute Gasteiger partial charge is 0.325 e. The third-order valence-electron chi connectivity index (χ3n) is 4.63. The standard InChI is InChI=1S/C21H19F3N2O3S/c1-13(18(27)25-17-10-5-4-9-16(17)21(22,23)24)30-12-6-11-26-19(28)14-7-2-3-8-15(14)20(26)29/h2-5,7-10,13H,6,11-12H2,1H3,(H,25,27). The van der Waals surface area contributed by atoms with Crippen LogP contribution in [0.15, 0.2) is 48.5 Å². The summed E-state index contributed by atoms with van der Waals surface area (Å²) in [5.74, 6) is -0.758. The number of para-hydroxylation sites is 1. The maximum atomic E-state index is 13.0. The van der Waals surface area contributed by atoms with Crippen molar-refractivity contribution in [1.29, 1.82) is 0 Å². The monoisotopic (exact) mass is 436 g/mol. The number of carbonyl (C=O) groups is 3. The Balaban J connectivity index is 1.49. The SMILES string of the molecule is CC(SCCCN1C(=O)c2ccccc2C1=O)C(=O)Nc1ccccc1C(F)(F)F. The molecular formula is C21H19F3N2O3S. The lowest BCUT2D eigenvalue weighted by atomic mass is 10.1. The third kappa shape index (κ3) is 4.67. The van der Waals surface area contributed by atoms with E-state index in [1.807, 2.05) is 0 Å². The molecule has 2 aromatic carbocycles. The molecule has 0 bridgehead atoms. The highest BCUT2D eigenvalue weighted by atomic mass is 32.2. The van der Waals surface area contributed by atoms with Crippen molar-refractivity contribution in [1.82, 2.24) is 4.90 Å². The molecule has 0 radical (unpaired) electrons. The first-order chi connectivity index (χ1) is 14.2. The number of anilines is 1. The van der Waals surface area contributed by atoms with Gasteiger partial charge in [-0.2, -0.15) is 13.2 Å². The van der Waals surface area contributed by atoms with Crippen LogP contribution < -0.4 is 5.32 Å². The second-order valence-corrected chi connectivity index (χ2v) is 8.16. The molecule has 158 valence electrons. The molecule has 0 aliphatic carbocycles. The van der Waals surface area contributed by atoms with Crippen LogP contribution in [0.3, 0.4) is 0 Å². The number of hydrogen-bond acceptors (Lipinski definition) is 4. The first kappa shape index (κ1) is 21.9. The molecule has 1 aliphatic heterocycles. The van der Waals surface area contributed by atoms with Gasteiger partial charge in [-0.15, -0.1) is 11.8 Å². The van der Waals surface area contributed by atoms with Gasteiger partial charge in [0.15, 0.2) is 0 Å². The maximum Gasteiger partial charge on any atom is 0.418 e. The highest BCUT2D eigenvalue weighted by molar-refractivity contribution is 8.00. The van der Waals surface area contributed by atoms with Gasteiger partial charge in [-0.25, -0.2) is 0 Å². The van der Waals surface area contributed by atoms with E-state index in [4.69, 9.17) is 0 Å². The van der Waals surface area contributed by atoms with Crippen molar-refractivity contribution in [2.45, 2.75) is 24.8 Å². The zero-order chi connectivity index (χ0) is 21.9. The number of alkyl halides is 3. The number of benzene rings is 2. The van der Waals surface area contributed by atoms with E-state index in [-0.39, 0.29) is 24.0 Å². The van der Waals surface area contributed by atoms with Crippen molar-refractivity contribution in [3.63, 3.8) is 0 Å². The summed E-state index contributed by atoms with van der Waals surface area (Å²) < 4.78 is 39.1. The number of rotatable bonds is 7. The second-order valence-electron chi connectivity index (χ2n) is 6.71. The number of nitrogens with zero attached hydrogens (tertiary/aromatic N) is 1. The molecule has 30 heavy (non-hydrogen) atoms. The number of amides is 3. The molecule has 3 amide bonds. The summed E-state index contributed by atoms with van der Waals surface area (Å²) >= 11 is 1.24. The van der Waals surface area contributed by atoms with Gasteiger partial charge < -0.3 is 5.32 Å². The summed E-state index contributed by atoms with van der Waals surface area (Å²) in [7, 11) is 0. The van der Waals surface area contributed by atoms with Gasteiger partial charge >= 0.3 is 6.18 Å². The summed E-state index contributed by atoms with van der Waals surface area (Å²) in [6, 6.07) is 11.4. The summed E-state index contributed by atoms with van der Waals surface area (Å²) in [5.41, 5.74) is -0.424. The molecule has 0 aromatic heterocycles. The molecule has 1 aliphatic rings. The number of thioether (sulfide) groups is 1. The maximum absolute atomic E-state index is 13.0. The first-order valence-corrected chi connectivity index (χ1v) is 10.3. The predicted octanol–water partition coefficient (Wildman–Crippen LogP) is 4.45. The minimum atomic E-state index is -4.56. The van der Waals surface area contributed by atoms with Crippen molar-refractivity contribution in [3.05, 3.63) is 65.2 Å². The second kappa shape index (κ2) is 8.91. The molecule has 0 spiro atoms. The van der Waals surface area contributed by atoms with Gasteiger partial charge in [-0.3, -0.25) is 19.3 Å². The summed E-state index contributed by atoms with van der Waals surface area (Å²) in [6.45, 7) is 1.81. The van der Waals surface area contributed by atoms with Gasteiger partial charge in [0, 0.05) is 6.54 Å². The molecule has 2 aromatic rings. The summed E-state index contributed by atoms with van der Waals surface area (Å²) in [6.07, 6.45) is -4.10. The molecule has 0 saturated heterocycles. The van der Waals surface area contributed by atoms with Gasteiger partial charge in [-0.1, -0.05) is 24.3 Å². The number of imide groups is 1. The van der Waals surface area contributed by atoms with E-state index in [2.05, 4.69) is 5.32 Å². The highest BCUT2D eigenvalue weighted by Crippen LogP contribution is 2.34. The van der Waals surface area contributed by atoms with Gasteiger partial charge in [-0.05, 0) is 43.4 Å². The van der Waals surface area contributed by atoms with Crippen molar-refractivity contribution in [2.24, 2.45) is 0 Å². The van der Waals surface area contributed by atoms with E-state index in [0.717, 1.165) is 6.07 Å². The van der Waals surface area contributed by atoms with Crippen LogP contribution in [-0.2, 0) is 11.0 Å².